The Morgan fingerprint density at radius 1 is 1.00 bits per heavy atom. The molecule has 2 aliphatic rings. The maximum absolute atomic E-state index is 13.6. The van der Waals surface area contributed by atoms with Crippen LogP contribution in [0.3, 0.4) is 0 Å². The number of hydrogen-bond acceptors (Lipinski definition) is 6. The minimum atomic E-state index is -3.59. The number of aryl methyl sites for hydroxylation is 1. The van der Waals surface area contributed by atoms with Crippen molar-refractivity contribution >= 4 is 27.3 Å². The van der Waals surface area contributed by atoms with E-state index < -0.39 is 10.0 Å². The van der Waals surface area contributed by atoms with E-state index >= 15 is 0 Å². The maximum atomic E-state index is 13.6. The first kappa shape index (κ1) is 24.8. The van der Waals surface area contributed by atoms with E-state index in [-0.39, 0.29) is 17.4 Å². The van der Waals surface area contributed by atoms with Crippen LogP contribution in [0.2, 0.25) is 5.02 Å². The van der Waals surface area contributed by atoms with Crippen LogP contribution in [0.25, 0.3) is 5.69 Å². The molecule has 0 atom stereocenters. The molecule has 2 heterocycles. The van der Waals surface area contributed by atoms with E-state index in [4.69, 9.17) is 16.3 Å². The summed E-state index contributed by atoms with van der Waals surface area (Å²) in [5.74, 6) is 0.256. The lowest BCUT2D eigenvalue weighted by atomic mass is 10.2. The standard InChI is InChI=1S/C26H29ClN4O4S/c1-19-6-4-11-23(16-19)36(33,34)30-14-12-29(13-15-30)24-18-28-31(21-8-5-7-20(27)17-21)26(32)25(24)35-22-9-2-3-10-22/h4-8,11,16-18,22H,2-3,9-10,12-15H2,1H3. The molecule has 0 radical (unpaired) electrons. The molecular weight excluding hydrogens is 500 g/mol. The average Bonchev–Trinajstić information content (AvgIpc) is 3.39. The summed E-state index contributed by atoms with van der Waals surface area (Å²) in [6, 6.07) is 13.9. The molecule has 0 spiro atoms. The summed E-state index contributed by atoms with van der Waals surface area (Å²) in [5.41, 5.74) is 1.70. The molecule has 0 amide bonds. The van der Waals surface area contributed by atoms with E-state index in [9.17, 15) is 13.2 Å². The third-order valence-corrected chi connectivity index (χ3v) is 8.89. The van der Waals surface area contributed by atoms with Crippen molar-refractivity contribution in [3.05, 3.63) is 75.7 Å². The zero-order valence-corrected chi connectivity index (χ0v) is 21.7. The molecule has 5 rings (SSSR count). The van der Waals surface area contributed by atoms with E-state index in [0.717, 1.165) is 31.2 Å². The summed E-state index contributed by atoms with van der Waals surface area (Å²) in [6.45, 7) is 3.33. The highest BCUT2D eigenvalue weighted by atomic mass is 35.5. The third-order valence-electron chi connectivity index (χ3n) is 6.76. The van der Waals surface area contributed by atoms with Crippen LogP contribution in [0.15, 0.2) is 64.4 Å². The number of rotatable bonds is 6. The summed E-state index contributed by atoms with van der Waals surface area (Å²) in [6.07, 6.45) is 5.57. The van der Waals surface area contributed by atoms with Crippen molar-refractivity contribution in [3.8, 4) is 11.4 Å². The van der Waals surface area contributed by atoms with E-state index in [1.807, 2.05) is 17.9 Å². The first-order valence-electron chi connectivity index (χ1n) is 12.2. The Morgan fingerprint density at radius 2 is 1.72 bits per heavy atom. The van der Waals surface area contributed by atoms with Crippen LogP contribution in [0.5, 0.6) is 5.75 Å². The van der Waals surface area contributed by atoms with Crippen LogP contribution in [0.1, 0.15) is 31.2 Å². The molecule has 36 heavy (non-hydrogen) atoms. The number of ether oxygens (including phenoxy) is 1. The Balaban J connectivity index is 1.43. The van der Waals surface area contributed by atoms with Gasteiger partial charge in [0.05, 0.1) is 22.9 Å². The molecule has 1 aliphatic carbocycles. The van der Waals surface area contributed by atoms with Crippen molar-refractivity contribution in [3.63, 3.8) is 0 Å². The molecule has 1 saturated carbocycles. The van der Waals surface area contributed by atoms with E-state index in [0.29, 0.717) is 47.5 Å². The molecule has 3 aromatic rings. The molecule has 0 bridgehead atoms. The van der Waals surface area contributed by atoms with Crippen LogP contribution < -0.4 is 15.2 Å². The number of nitrogens with zero attached hydrogens (tertiary/aromatic N) is 4. The Kier molecular flexibility index (Phi) is 7.05. The summed E-state index contributed by atoms with van der Waals surface area (Å²) in [7, 11) is -3.59. The number of halogens is 1. The minimum absolute atomic E-state index is 0.0188. The fourth-order valence-electron chi connectivity index (χ4n) is 4.82. The second-order valence-corrected chi connectivity index (χ2v) is 11.7. The summed E-state index contributed by atoms with van der Waals surface area (Å²) < 4.78 is 35.4. The maximum Gasteiger partial charge on any atom is 0.316 e. The molecule has 2 fully saturated rings. The number of sulfonamides is 1. The van der Waals surface area contributed by atoms with Gasteiger partial charge in [-0.05, 0) is 68.5 Å². The fraction of sp³-hybridized carbons (Fsp3) is 0.385. The smallest absolute Gasteiger partial charge is 0.316 e. The Hall–Kier alpha value is -2.88. The molecular formula is C26H29ClN4O4S. The SMILES string of the molecule is Cc1cccc(S(=O)(=O)N2CCN(c3cnn(-c4cccc(Cl)c4)c(=O)c3OC3CCCC3)CC2)c1. The lowest BCUT2D eigenvalue weighted by molar-refractivity contribution is 0.205. The first-order chi connectivity index (χ1) is 17.3. The second kappa shape index (κ2) is 10.2. The topological polar surface area (TPSA) is 84.7 Å². The van der Waals surface area contributed by atoms with Gasteiger partial charge in [-0.15, -0.1) is 0 Å². The summed E-state index contributed by atoms with van der Waals surface area (Å²) in [5, 5.41) is 4.93. The van der Waals surface area contributed by atoms with Crippen LogP contribution in [-0.4, -0.2) is 54.8 Å². The second-order valence-electron chi connectivity index (χ2n) is 9.29. The van der Waals surface area contributed by atoms with Gasteiger partial charge in [0.15, 0.2) is 0 Å². The van der Waals surface area contributed by atoms with Gasteiger partial charge in [-0.3, -0.25) is 4.79 Å². The van der Waals surface area contributed by atoms with Gasteiger partial charge in [0.25, 0.3) is 0 Å². The van der Waals surface area contributed by atoms with Crippen molar-refractivity contribution in [1.29, 1.82) is 0 Å². The monoisotopic (exact) mass is 528 g/mol. The Labute approximate surface area is 216 Å². The molecule has 1 aromatic heterocycles. The quantitative estimate of drug-likeness (QED) is 0.480. The minimum Gasteiger partial charge on any atom is -0.483 e. The lowest BCUT2D eigenvalue weighted by Gasteiger charge is -2.36. The fourth-order valence-corrected chi connectivity index (χ4v) is 6.54. The third kappa shape index (κ3) is 5.00. The van der Waals surface area contributed by atoms with E-state index in [1.165, 1.54) is 8.99 Å². The first-order valence-corrected chi connectivity index (χ1v) is 14.0. The van der Waals surface area contributed by atoms with Crippen molar-refractivity contribution in [2.75, 3.05) is 31.1 Å². The number of aromatic nitrogens is 2. The summed E-state index contributed by atoms with van der Waals surface area (Å²) in [4.78, 5) is 15.9. The molecule has 0 unspecified atom stereocenters. The van der Waals surface area contributed by atoms with Crippen molar-refractivity contribution in [2.24, 2.45) is 0 Å². The van der Waals surface area contributed by atoms with Gasteiger partial charge >= 0.3 is 5.56 Å². The van der Waals surface area contributed by atoms with Gasteiger partial charge < -0.3 is 9.64 Å². The molecule has 2 aromatic carbocycles. The molecule has 10 heteroatoms. The molecule has 8 nitrogen and oxygen atoms in total. The zero-order valence-electron chi connectivity index (χ0n) is 20.1. The highest BCUT2D eigenvalue weighted by Crippen LogP contribution is 2.31. The normalized spacial score (nSPS) is 17.4. The van der Waals surface area contributed by atoms with Gasteiger partial charge in [-0.2, -0.15) is 14.1 Å². The predicted molar refractivity (Wildman–Crippen MR) is 140 cm³/mol. The molecule has 1 saturated heterocycles. The largest absolute Gasteiger partial charge is 0.483 e. The Morgan fingerprint density at radius 3 is 2.42 bits per heavy atom. The molecule has 1 aliphatic heterocycles. The van der Waals surface area contributed by atoms with Crippen LogP contribution >= 0.6 is 11.6 Å². The number of hydrogen-bond donors (Lipinski definition) is 0. The molecule has 190 valence electrons. The number of anilines is 1. The lowest BCUT2D eigenvalue weighted by Crippen LogP contribution is -2.49. The summed E-state index contributed by atoms with van der Waals surface area (Å²) >= 11 is 6.14. The van der Waals surface area contributed by atoms with Crippen LogP contribution in [0.4, 0.5) is 5.69 Å². The van der Waals surface area contributed by atoms with E-state index in [2.05, 4.69) is 5.10 Å². The average molecular weight is 529 g/mol. The van der Waals surface area contributed by atoms with Gasteiger partial charge in [-0.1, -0.05) is 29.8 Å². The highest BCUT2D eigenvalue weighted by molar-refractivity contribution is 7.89. The highest BCUT2D eigenvalue weighted by Gasteiger charge is 2.31. The van der Waals surface area contributed by atoms with E-state index in [1.54, 1.807) is 48.7 Å². The van der Waals surface area contributed by atoms with Crippen LogP contribution in [0, 0.1) is 6.92 Å². The van der Waals surface area contributed by atoms with Gasteiger partial charge in [0, 0.05) is 31.2 Å². The molecule has 0 N–H and O–H groups in total. The zero-order chi connectivity index (χ0) is 25.3. The van der Waals surface area contributed by atoms with Crippen molar-refractivity contribution in [1.82, 2.24) is 14.1 Å². The number of benzene rings is 2. The predicted octanol–water partition coefficient (Wildman–Crippen LogP) is 4.03. The van der Waals surface area contributed by atoms with Gasteiger partial charge in [-0.25, -0.2) is 8.42 Å². The van der Waals surface area contributed by atoms with Crippen LogP contribution in [-0.2, 0) is 10.0 Å². The van der Waals surface area contributed by atoms with Gasteiger partial charge in [0.2, 0.25) is 15.8 Å². The number of piperazine rings is 1. The van der Waals surface area contributed by atoms with Crippen molar-refractivity contribution in [2.45, 2.75) is 43.6 Å². The Bertz CT molecular complexity index is 1410. The van der Waals surface area contributed by atoms with Gasteiger partial charge in [0.1, 0.15) is 5.69 Å². The van der Waals surface area contributed by atoms with Crippen molar-refractivity contribution < 1.29 is 13.2 Å².